The molecule has 0 heterocycles. The molecule has 0 aromatic heterocycles. The predicted molar refractivity (Wildman–Crippen MR) is 129 cm³/mol. The Morgan fingerprint density at radius 3 is 1.30 bits per heavy atom. The maximum Gasteiger partial charge on any atom is 0.192 e. The molecule has 0 atom stereocenters. The molecule has 5 nitrogen and oxygen atoms in total. The van der Waals surface area contributed by atoms with Crippen LogP contribution in [0.4, 0.5) is 0 Å². The van der Waals surface area contributed by atoms with Gasteiger partial charge in [0.25, 0.3) is 0 Å². The first-order chi connectivity index (χ1) is 14.3. The molecule has 0 aliphatic heterocycles. The highest BCUT2D eigenvalue weighted by Gasteiger charge is 2.36. The van der Waals surface area contributed by atoms with Gasteiger partial charge in [0, 0.05) is 6.61 Å². The zero-order valence-corrected chi connectivity index (χ0v) is 22.1. The molecule has 0 aliphatic rings. The maximum absolute atomic E-state index is 6.07. The number of rotatable bonds is 22. The van der Waals surface area contributed by atoms with Gasteiger partial charge in [-0.25, -0.2) is 0 Å². The van der Waals surface area contributed by atoms with Crippen molar-refractivity contribution in [3.05, 3.63) is 0 Å². The Morgan fingerprint density at radius 1 is 0.500 bits per heavy atom. The molecule has 0 spiro atoms. The zero-order valence-electron chi connectivity index (χ0n) is 21.1. The lowest BCUT2D eigenvalue weighted by Gasteiger charge is -2.36. The third kappa shape index (κ3) is 18.8. The van der Waals surface area contributed by atoms with E-state index >= 15 is 0 Å². The molecule has 0 saturated carbocycles. The molecular formula is C24H52O5Si. The van der Waals surface area contributed by atoms with Crippen molar-refractivity contribution in [2.45, 2.75) is 97.2 Å². The minimum absolute atomic E-state index is 0.245. The van der Waals surface area contributed by atoms with Gasteiger partial charge in [-0.1, -0.05) is 72.6 Å². The van der Waals surface area contributed by atoms with Crippen LogP contribution in [0.2, 0.25) is 18.1 Å². The first-order valence-corrected chi connectivity index (χ1v) is 15.2. The molecule has 0 rings (SSSR count). The first-order valence-electron chi connectivity index (χ1n) is 12.3. The third-order valence-electron chi connectivity index (χ3n) is 5.76. The van der Waals surface area contributed by atoms with E-state index in [9.17, 15) is 0 Å². The molecule has 0 N–H and O–H groups in total. The molecule has 0 fully saturated rings. The smallest absolute Gasteiger partial charge is 0.192 e. The second-order valence-electron chi connectivity index (χ2n) is 9.53. The quantitative estimate of drug-likeness (QED) is 0.145. The van der Waals surface area contributed by atoms with Crippen LogP contribution in [0.25, 0.3) is 0 Å². The van der Waals surface area contributed by atoms with Crippen LogP contribution in [-0.4, -0.2) is 67.8 Å². The van der Waals surface area contributed by atoms with Crippen LogP contribution >= 0.6 is 0 Å². The standard InChI is InChI=1S/C24H52O5Si/c1-7-8-9-10-11-12-13-14-15-25-16-17-26-18-19-27-20-21-28-22-23-29-30(5,6)24(2,3)4/h7-23H2,1-6H3. The van der Waals surface area contributed by atoms with Crippen LogP contribution in [0, 0.1) is 0 Å². The fraction of sp³-hybridized carbons (Fsp3) is 1.00. The van der Waals surface area contributed by atoms with Crippen LogP contribution in [0.1, 0.15) is 79.1 Å². The highest BCUT2D eigenvalue weighted by atomic mass is 28.4. The minimum atomic E-state index is -1.66. The molecule has 0 saturated heterocycles. The number of unbranched alkanes of at least 4 members (excludes halogenated alkanes) is 7. The van der Waals surface area contributed by atoms with Gasteiger partial charge in [-0.2, -0.15) is 0 Å². The Bertz CT molecular complexity index is 358. The summed E-state index contributed by atoms with van der Waals surface area (Å²) < 4.78 is 28.3. The molecule has 0 aromatic rings. The van der Waals surface area contributed by atoms with Gasteiger partial charge < -0.3 is 23.4 Å². The van der Waals surface area contributed by atoms with Crippen molar-refractivity contribution in [2.24, 2.45) is 0 Å². The summed E-state index contributed by atoms with van der Waals surface area (Å²) in [5, 5.41) is 0.245. The molecule has 182 valence electrons. The molecule has 0 amide bonds. The summed E-state index contributed by atoms with van der Waals surface area (Å²) in [6.07, 6.45) is 10.7. The van der Waals surface area contributed by atoms with E-state index in [1.165, 1.54) is 44.9 Å². The predicted octanol–water partition coefficient (Wildman–Crippen LogP) is 6.22. The molecule has 0 unspecified atom stereocenters. The maximum atomic E-state index is 6.07. The summed E-state index contributed by atoms with van der Waals surface area (Å²) in [5.41, 5.74) is 0. The van der Waals surface area contributed by atoms with E-state index < -0.39 is 8.32 Å². The van der Waals surface area contributed by atoms with Crippen molar-refractivity contribution in [1.82, 2.24) is 0 Å². The van der Waals surface area contributed by atoms with Crippen LogP contribution < -0.4 is 0 Å². The molecule has 6 heteroatoms. The number of hydrogen-bond donors (Lipinski definition) is 0. The van der Waals surface area contributed by atoms with Gasteiger partial charge in [-0.15, -0.1) is 0 Å². The van der Waals surface area contributed by atoms with Crippen LogP contribution in [-0.2, 0) is 23.4 Å². The lowest BCUT2D eigenvalue weighted by molar-refractivity contribution is -0.00530. The summed E-state index contributed by atoms with van der Waals surface area (Å²) in [5.74, 6) is 0. The molecule has 0 bridgehead atoms. The second-order valence-corrected chi connectivity index (χ2v) is 14.3. The number of hydrogen-bond acceptors (Lipinski definition) is 5. The van der Waals surface area contributed by atoms with Crippen molar-refractivity contribution in [3.8, 4) is 0 Å². The van der Waals surface area contributed by atoms with E-state index in [1.807, 2.05) is 0 Å². The first kappa shape index (κ1) is 30.0. The van der Waals surface area contributed by atoms with Crippen LogP contribution in [0.15, 0.2) is 0 Å². The topological polar surface area (TPSA) is 46.2 Å². The van der Waals surface area contributed by atoms with Gasteiger partial charge in [0.15, 0.2) is 8.32 Å². The lowest BCUT2D eigenvalue weighted by Crippen LogP contribution is -2.41. The largest absolute Gasteiger partial charge is 0.414 e. The molecular weight excluding hydrogens is 396 g/mol. The summed E-state index contributed by atoms with van der Waals surface area (Å²) >= 11 is 0. The molecule has 0 aliphatic carbocycles. The van der Waals surface area contributed by atoms with Gasteiger partial charge in [-0.3, -0.25) is 0 Å². The van der Waals surface area contributed by atoms with Gasteiger partial charge in [-0.05, 0) is 24.6 Å². The average molecular weight is 449 g/mol. The highest BCUT2D eigenvalue weighted by molar-refractivity contribution is 6.74. The summed E-state index contributed by atoms with van der Waals surface area (Å²) in [6.45, 7) is 19.4. The molecule has 0 radical (unpaired) electrons. The monoisotopic (exact) mass is 448 g/mol. The van der Waals surface area contributed by atoms with Gasteiger partial charge >= 0.3 is 0 Å². The van der Waals surface area contributed by atoms with Crippen molar-refractivity contribution in [3.63, 3.8) is 0 Å². The van der Waals surface area contributed by atoms with Crippen LogP contribution in [0.3, 0.4) is 0 Å². The fourth-order valence-electron chi connectivity index (χ4n) is 2.67. The summed E-state index contributed by atoms with van der Waals surface area (Å²) in [6, 6.07) is 0. The Kier molecular flexibility index (Phi) is 19.7. The van der Waals surface area contributed by atoms with E-state index in [-0.39, 0.29) is 5.04 Å². The highest BCUT2D eigenvalue weighted by Crippen LogP contribution is 2.36. The number of ether oxygens (including phenoxy) is 4. The second kappa shape index (κ2) is 19.7. The third-order valence-corrected chi connectivity index (χ3v) is 10.3. The van der Waals surface area contributed by atoms with E-state index in [2.05, 4.69) is 40.8 Å². The molecule has 0 aromatic carbocycles. The Morgan fingerprint density at radius 2 is 0.867 bits per heavy atom. The normalized spacial score (nSPS) is 12.6. The van der Waals surface area contributed by atoms with Crippen LogP contribution in [0.5, 0.6) is 0 Å². The summed E-state index contributed by atoms with van der Waals surface area (Å²) in [4.78, 5) is 0. The Hall–Kier alpha value is 0.0169. The van der Waals surface area contributed by atoms with Crippen molar-refractivity contribution in [2.75, 3.05) is 59.5 Å². The van der Waals surface area contributed by atoms with E-state index in [4.69, 9.17) is 23.4 Å². The Balaban J connectivity index is 3.17. The molecule has 30 heavy (non-hydrogen) atoms. The zero-order chi connectivity index (χ0) is 22.6. The average Bonchev–Trinajstić information content (AvgIpc) is 2.68. The van der Waals surface area contributed by atoms with E-state index in [0.717, 1.165) is 13.0 Å². The van der Waals surface area contributed by atoms with Gasteiger partial charge in [0.05, 0.1) is 52.9 Å². The van der Waals surface area contributed by atoms with E-state index in [0.29, 0.717) is 52.9 Å². The van der Waals surface area contributed by atoms with Crippen molar-refractivity contribution >= 4 is 8.32 Å². The SMILES string of the molecule is CCCCCCCCCCOCCOCCOCCOCCO[Si](C)(C)C(C)(C)C. The lowest BCUT2D eigenvalue weighted by atomic mass is 10.1. The van der Waals surface area contributed by atoms with Gasteiger partial charge in [0.2, 0.25) is 0 Å². The van der Waals surface area contributed by atoms with E-state index in [1.54, 1.807) is 0 Å². The van der Waals surface area contributed by atoms with Crippen molar-refractivity contribution < 1.29 is 23.4 Å². The van der Waals surface area contributed by atoms with Gasteiger partial charge in [0.1, 0.15) is 0 Å². The fourth-order valence-corrected chi connectivity index (χ4v) is 3.70. The minimum Gasteiger partial charge on any atom is -0.414 e. The van der Waals surface area contributed by atoms with Crippen molar-refractivity contribution in [1.29, 1.82) is 0 Å². The Labute approximate surface area is 188 Å². The summed E-state index contributed by atoms with van der Waals surface area (Å²) in [7, 11) is -1.66.